The van der Waals surface area contributed by atoms with Crippen LogP contribution < -0.4 is 11.1 Å². The first kappa shape index (κ1) is 20.2. The Hall–Kier alpha value is -1.14. The molecule has 0 aromatic heterocycles. The Morgan fingerprint density at radius 3 is 2.44 bits per heavy atom. The van der Waals surface area contributed by atoms with E-state index in [-0.39, 0.29) is 11.8 Å². The van der Waals surface area contributed by atoms with Crippen LogP contribution in [0.4, 0.5) is 0 Å². The fourth-order valence-electron chi connectivity index (χ4n) is 4.01. The van der Waals surface area contributed by atoms with Crippen molar-refractivity contribution in [2.24, 2.45) is 17.6 Å². The Labute approximate surface area is 152 Å². The number of rotatable bonds is 6. The molecule has 2 aliphatic rings. The molecular weight excluding hydrogens is 316 g/mol. The molecule has 1 saturated carbocycles. The predicted molar refractivity (Wildman–Crippen MR) is 100 cm³/mol. The summed E-state index contributed by atoms with van der Waals surface area (Å²) in [5.41, 5.74) is 6.01. The smallest absolute Gasteiger partial charge is 0.239 e. The van der Waals surface area contributed by atoms with Gasteiger partial charge in [0.05, 0.1) is 12.6 Å². The lowest BCUT2D eigenvalue weighted by Gasteiger charge is -2.36. The molecule has 1 saturated heterocycles. The van der Waals surface area contributed by atoms with Crippen molar-refractivity contribution < 1.29 is 9.59 Å². The lowest BCUT2D eigenvalue weighted by Crippen LogP contribution is -2.55. The minimum Gasteiger partial charge on any atom is -0.352 e. The van der Waals surface area contributed by atoms with Crippen LogP contribution in [0, 0.1) is 11.8 Å². The average molecular weight is 353 g/mol. The first-order valence-electron chi connectivity index (χ1n) is 9.91. The quantitative estimate of drug-likeness (QED) is 0.753. The van der Waals surface area contributed by atoms with Crippen molar-refractivity contribution in [3.05, 3.63) is 0 Å². The van der Waals surface area contributed by atoms with Crippen LogP contribution in [0.3, 0.4) is 0 Å². The topological polar surface area (TPSA) is 78.7 Å². The van der Waals surface area contributed by atoms with Crippen LogP contribution in [0.2, 0.25) is 0 Å². The third kappa shape index (κ3) is 6.59. The molecule has 1 heterocycles. The first-order chi connectivity index (χ1) is 11.8. The summed E-state index contributed by atoms with van der Waals surface area (Å²) < 4.78 is 0. The summed E-state index contributed by atoms with van der Waals surface area (Å²) >= 11 is 0. The minimum absolute atomic E-state index is 0.0500. The zero-order chi connectivity index (χ0) is 18.4. The molecular formula is C19H36N4O2. The van der Waals surface area contributed by atoms with Gasteiger partial charge < -0.3 is 16.0 Å². The van der Waals surface area contributed by atoms with Gasteiger partial charge in [0.2, 0.25) is 11.8 Å². The summed E-state index contributed by atoms with van der Waals surface area (Å²) in [6.45, 7) is 9.68. The highest BCUT2D eigenvalue weighted by atomic mass is 16.2. The van der Waals surface area contributed by atoms with Crippen molar-refractivity contribution in [2.75, 3.05) is 32.7 Å². The maximum atomic E-state index is 12.4. The first-order valence-corrected chi connectivity index (χ1v) is 9.91. The molecule has 0 aromatic rings. The second kappa shape index (κ2) is 9.53. The third-order valence-electron chi connectivity index (χ3n) is 5.40. The Morgan fingerprint density at radius 2 is 1.84 bits per heavy atom. The van der Waals surface area contributed by atoms with Gasteiger partial charge in [-0.3, -0.25) is 14.5 Å². The standard InChI is InChI=1S/C19H36N4O2/c1-14(2)11-17(20)19(25)23-9-7-22(8-10-23)13-18(24)21-16-6-4-5-15(3)12-16/h14-17H,4-13,20H2,1-3H3,(H,21,24)/t15?,16?,17-/m0/s1. The largest absolute Gasteiger partial charge is 0.352 e. The Bertz CT molecular complexity index is 447. The highest BCUT2D eigenvalue weighted by molar-refractivity contribution is 5.82. The monoisotopic (exact) mass is 352 g/mol. The number of carbonyl (C=O) groups is 2. The number of hydrogen-bond acceptors (Lipinski definition) is 4. The van der Waals surface area contributed by atoms with Gasteiger partial charge in [-0.25, -0.2) is 0 Å². The highest BCUT2D eigenvalue weighted by Gasteiger charge is 2.27. The maximum Gasteiger partial charge on any atom is 0.239 e. The van der Waals surface area contributed by atoms with E-state index in [0.29, 0.717) is 37.5 Å². The molecule has 0 radical (unpaired) electrons. The Kier molecular flexibility index (Phi) is 7.69. The van der Waals surface area contributed by atoms with Crippen LogP contribution in [0.5, 0.6) is 0 Å². The molecule has 1 aliphatic carbocycles. The van der Waals surface area contributed by atoms with Gasteiger partial charge >= 0.3 is 0 Å². The number of amides is 2. The molecule has 1 aliphatic heterocycles. The number of nitrogens with zero attached hydrogens (tertiary/aromatic N) is 2. The fourth-order valence-corrected chi connectivity index (χ4v) is 4.01. The van der Waals surface area contributed by atoms with Gasteiger partial charge in [0.15, 0.2) is 0 Å². The predicted octanol–water partition coefficient (Wildman–Crippen LogP) is 1.20. The van der Waals surface area contributed by atoms with Gasteiger partial charge in [0.25, 0.3) is 0 Å². The molecule has 0 aromatic carbocycles. The molecule has 2 fully saturated rings. The number of piperazine rings is 1. The van der Waals surface area contributed by atoms with Gasteiger partial charge in [-0.1, -0.05) is 33.6 Å². The van der Waals surface area contributed by atoms with E-state index < -0.39 is 6.04 Å². The molecule has 0 spiro atoms. The van der Waals surface area contributed by atoms with Crippen molar-refractivity contribution in [2.45, 2.75) is 65.0 Å². The number of nitrogens with one attached hydrogen (secondary N) is 1. The summed E-state index contributed by atoms with van der Waals surface area (Å²) in [7, 11) is 0. The van der Waals surface area contributed by atoms with E-state index in [2.05, 4.69) is 31.0 Å². The lowest BCUT2D eigenvalue weighted by atomic mass is 9.87. The minimum atomic E-state index is -0.400. The molecule has 0 bridgehead atoms. The van der Waals surface area contributed by atoms with Crippen molar-refractivity contribution in [3.8, 4) is 0 Å². The van der Waals surface area contributed by atoms with Crippen molar-refractivity contribution in [1.82, 2.24) is 15.1 Å². The molecule has 6 nitrogen and oxygen atoms in total. The Balaban J connectivity index is 1.69. The van der Waals surface area contributed by atoms with E-state index in [9.17, 15) is 9.59 Å². The van der Waals surface area contributed by atoms with Crippen molar-refractivity contribution >= 4 is 11.8 Å². The zero-order valence-electron chi connectivity index (χ0n) is 16.2. The molecule has 2 unspecified atom stereocenters. The van der Waals surface area contributed by atoms with Crippen molar-refractivity contribution in [3.63, 3.8) is 0 Å². The lowest BCUT2D eigenvalue weighted by molar-refractivity contribution is -0.135. The Morgan fingerprint density at radius 1 is 1.16 bits per heavy atom. The van der Waals surface area contributed by atoms with Gasteiger partial charge in [0, 0.05) is 32.2 Å². The molecule has 25 heavy (non-hydrogen) atoms. The van der Waals surface area contributed by atoms with Gasteiger partial charge in [-0.2, -0.15) is 0 Å². The number of carbonyl (C=O) groups excluding carboxylic acids is 2. The second-order valence-electron chi connectivity index (χ2n) is 8.37. The van der Waals surface area contributed by atoms with E-state index in [1.807, 2.05) is 4.90 Å². The van der Waals surface area contributed by atoms with Gasteiger partial charge in [-0.15, -0.1) is 0 Å². The normalized spacial score (nSPS) is 26.5. The highest BCUT2D eigenvalue weighted by Crippen LogP contribution is 2.23. The fraction of sp³-hybridized carbons (Fsp3) is 0.895. The number of hydrogen-bond donors (Lipinski definition) is 2. The van der Waals surface area contributed by atoms with Crippen LogP contribution in [-0.2, 0) is 9.59 Å². The van der Waals surface area contributed by atoms with Crippen LogP contribution in [0.15, 0.2) is 0 Å². The van der Waals surface area contributed by atoms with E-state index >= 15 is 0 Å². The average Bonchev–Trinajstić information content (AvgIpc) is 2.54. The summed E-state index contributed by atoms with van der Waals surface area (Å²) in [5.74, 6) is 1.31. The molecule has 2 rings (SSSR count). The van der Waals surface area contributed by atoms with E-state index in [1.165, 1.54) is 12.8 Å². The van der Waals surface area contributed by atoms with Crippen LogP contribution >= 0.6 is 0 Å². The van der Waals surface area contributed by atoms with E-state index in [0.717, 1.165) is 32.4 Å². The SMILES string of the molecule is CC(C)C[C@H](N)C(=O)N1CCN(CC(=O)NC2CCCC(C)C2)CC1. The summed E-state index contributed by atoms with van der Waals surface area (Å²) in [6.07, 6.45) is 5.42. The summed E-state index contributed by atoms with van der Waals surface area (Å²) in [5, 5.41) is 3.19. The molecule has 144 valence electrons. The molecule has 3 N–H and O–H groups in total. The summed E-state index contributed by atoms with van der Waals surface area (Å²) in [6, 6.07) is -0.0590. The van der Waals surface area contributed by atoms with Crippen LogP contribution in [0.1, 0.15) is 52.9 Å². The third-order valence-corrected chi connectivity index (χ3v) is 5.40. The molecule has 6 heteroatoms. The van der Waals surface area contributed by atoms with Crippen LogP contribution in [-0.4, -0.2) is 66.4 Å². The van der Waals surface area contributed by atoms with Crippen molar-refractivity contribution in [1.29, 1.82) is 0 Å². The van der Waals surface area contributed by atoms with Crippen LogP contribution in [0.25, 0.3) is 0 Å². The molecule has 2 amide bonds. The summed E-state index contributed by atoms with van der Waals surface area (Å²) in [4.78, 5) is 28.6. The zero-order valence-corrected chi connectivity index (χ0v) is 16.2. The second-order valence-corrected chi connectivity index (χ2v) is 8.37. The van der Waals surface area contributed by atoms with E-state index in [4.69, 9.17) is 5.73 Å². The number of nitrogens with two attached hydrogens (primary N) is 1. The van der Waals surface area contributed by atoms with Gasteiger partial charge in [0.1, 0.15) is 0 Å². The van der Waals surface area contributed by atoms with E-state index in [1.54, 1.807) is 0 Å². The van der Waals surface area contributed by atoms with Gasteiger partial charge in [-0.05, 0) is 31.1 Å². The maximum absolute atomic E-state index is 12.4. The molecule has 3 atom stereocenters.